The summed E-state index contributed by atoms with van der Waals surface area (Å²) >= 11 is 5.86. The first-order chi connectivity index (χ1) is 10.1. The van der Waals surface area contributed by atoms with E-state index in [0.717, 1.165) is 0 Å². The van der Waals surface area contributed by atoms with Gasteiger partial charge in [-0.3, -0.25) is 4.79 Å². The molecule has 1 aliphatic rings. The number of halogens is 2. The maximum atomic E-state index is 14.1. The third kappa shape index (κ3) is 3.32. The number of hydrogen-bond donors (Lipinski definition) is 1. The van der Waals surface area contributed by atoms with Crippen molar-refractivity contribution in [2.24, 2.45) is 0 Å². The van der Waals surface area contributed by atoms with Crippen LogP contribution >= 0.6 is 11.6 Å². The van der Waals surface area contributed by atoms with Gasteiger partial charge >= 0.3 is 5.97 Å². The first kappa shape index (κ1) is 16.5. The van der Waals surface area contributed by atoms with Crippen LogP contribution in [0.1, 0.15) is 20.3 Å². The highest BCUT2D eigenvalue weighted by Crippen LogP contribution is 2.29. The number of rotatable bonds is 4. The Kier molecular flexibility index (Phi) is 4.33. The van der Waals surface area contributed by atoms with Crippen molar-refractivity contribution < 1.29 is 23.8 Å². The Bertz CT molecular complexity index is 607. The van der Waals surface area contributed by atoms with Crippen LogP contribution in [0.25, 0.3) is 0 Å². The molecule has 1 aromatic carbocycles. The number of benzene rings is 1. The molecule has 1 amide bonds. The first-order valence-electron chi connectivity index (χ1n) is 6.80. The van der Waals surface area contributed by atoms with Crippen molar-refractivity contribution in [1.82, 2.24) is 4.90 Å². The molecule has 1 aromatic rings. The summed E-state index contributed by atoms with van der Waals surface area (Å²) in [5.41, 5.74) is -3.64. The van der Waals surface area contributed by atoms with Crippen LogP contribution in [0.3, 0.4) is 0 Å². The first-order valence-corrected chi connectivity index (χ1v) is 7.18. The smallest absolute Gasteiger partial charge is 0.343 e. The van der Waals surface area contributed by atoms with E-state index in [1.165, 1.54) is 4.90 Å². The van der Waals surface area contributed by atoms with E-state index in [9.17, 15) is 14.0 Å². The molecule has 22 heavy (non-hydrogen) atoms. The number of carbonyl (C=O) groups is 2. The van der Waals surface area contributed by atoms with Crippen molar-refractivity contribution in [3.05, 3.63) is 29.3 Å². The van der Waals surface area contributed by atoms with Crippen molar-refractivity contribution >= 4 is 23.5 Å². The molecule has 1 fully saturated rings. The van der Waals surface area contributed by atoms with Crippen LogP contribution in [-0.4, -0.2) is 46.2 Å². The summed E-state index contributed by atoms with van der Waals surface area (Å²) < 4.78 is 19.7. The van der Waals surface area contributed by atoms with E-state index < -0.39 is 29.7 Å². The summed E-state index contributed by atoms with van der Waals surface area (Å²) in [4.78, 5) is 24.6. The number of aliphatic carboxylic acids is 1. The Morgan fingerprint density at radius 1 is 1.45 bits per heavy atom. The van der Waals surface area contributed by atoms with Gasteiger partial charge in [0, 0.05) is 18.0 Å². The average Bonchev–Trinajstić information content (AvgIpc) is 2.81. The van der Waals surface area contributed by atoms with E-state index >= 15 is 0 Å². The van der Waals surface area contributed by atoms with Gasteiger partial charge in [-0.1, -0.05) is 17.7 Å². The molecule has 1 atom stereocenters. The Balaban J connectivity index is 2.10. The molecule has 0 bridgehead atoms. The van der Waals surface area contributed by atoms with Crippen molar-refractivity contribution in [3.63, 3.8) is 0 Å². The predicted molar refractivity (Wildman–Crippen MR) is 78.8 cm³/mol. The highest BCUT2D eigenvalue weighted by Gasteiger charge is 2.49. The molecule has 0 spiro atoms. The quantitative estimate of drug-likeness (QED) is 0.921. The summed E-state index contributed by atoms with van der Waals surface area (Å²) in [5.74, 6) is -1.60. The van der Waals surface area contributed by atoms with E-state index in [1.807, 2.05) is 0 Å². The van der Waals surface area contributed by atoms with Crippen molar-refractivity contribution in [3.8, 4) is 5.75 Å². The summed E-state index contributed by atoms with van der Waals surface area (Å²) in [6, 6.07) is 6.58. The summed E-state index contributed by atoms with van der Waals surface area (Å²) in [5, 5.41) is 9.35. The lowest BCUT2D eigenvalue weighted by molar-refractivity contribution is -0.151. The van der Waals surface area contributed by atoms with Gasteiger partial charge in [0.1, 0.15) is 5.75 Å². The molecule has 5 nitrogen and oxygen atoms in total. The van der Waals surface area contributed by atoms with Gasteiger partial charge in [-0.15, -0.1) is 0 Å². The van der Waals surface area contributed by atoms with Gasteiger partial charge in [0.25, 0.3) is 5.91 Å². The molecule has 1 saturated heterocycles. The normalized spacial score (nSPS) is 21.7. The molecule has 1 heterocycles. The highest BCUT2D eigenvalue weighted by atomic mass is 35.5. The molecule has 0 radical (unpaired) electrons. The minimum atomic E-state index is -2.39. The van der Waals surface area contributed by atoms with Crippen LogP contribution in [-0.2, 0) is 9.59 Å². The number of carboxylic acid groups (broad SMARTS) is 1. The maximum absolute atomic E-state index is 14.1. The summed E-state index contributed by atoms with van der Waals surface area (Å²) in [6.07, 6.45) is -0.221. The van der Waals surface area contributed by atoms with Crippen LogP contribution < -0.4 is 4.74 Å². The van der Waals surface area contributed by atoms with E-state index in [2.05, 4.69) is 0 Å². The summed E-state index contributed by atoms with van der Waals surface area (Å²) in [6.45, 7) is 2.68. The molecule has 1 N–H and O–H groups in total. The number of amides is 1. The molecular formula is C15H17ClFNO4. The van der Waals surface area contributed by atoms with Gasteiger partial charge in [-0.25, -0.2) is 9.18 Å². The lowest BCUT2D eigenvalue weighted by Gasteiger charge is -2.30. The minimum absolute atomic E-state index is 0.0456. The molecule has 120 valence electrons. The molecule has 2 rings (SSSR count). The second kappa shape index (κ2) is 5.76. The number of carbonyl (C=O) groups excluding carboxylic acids is 1. The molecular weight excluding hydrogens is 313 g/mol. The Morgan fingerprint density at radius 2 is 2.14 bits per heavy atom. The second-order valence-electron chi connectivity index (χ2n) is 5.82. The molecule has 7 heteroatoms. The maximum Gasteiger partial charge on any atom is 0.343 e. The van der Waals surface area contributed by atoms with E-state index in [0.29, 0.717) is 10.8 Å². The lowest BCUT2D eigenvalue weighted by Crippen LogP contribution is -2.49. The fourth-order valence-corrected chi connectivity index (χ4v) is 2.55. The molecule has 0 aromatic heterocycles. The van der Waals surface area contributed by atoms with Gasteiger partial charge in [0.05, 0.1) is 6.54 Å². The molecule has 1 aliphatic heterocycles. The van der Waals surface area contributed by atoms with Crippen molar-refractivity contribution in [2.45, 2.75) is 31.5 Å². The SMILES string of the molecule is CC(C)(Oc1cccc(Cl)c1)C(=O)N1CCC(F)(C(=O)O)C1. The largest absolute Gasteiger partial charge is 0.479 e. The van der Waals surface area contributed by atoms with Gasteiger partial charge < -0.3 is 14.7 Å². The number of hydrogen-bond acceptors (Lipinski definition) is 3. The van der Waals surface area contributed by atoms with E-state index in [-0.39, 0.29) is 13.0 Å². The van der Waals surface area contributed by atoms with Crippen LogP contribution in [0.15, 0.2) is 24.3 Å². The molecule has 1 unspecified atom stereocenters. The molecule has 0 aliphatic carbocycles. The fourth-order valence-electron chi connectivity index (χ4n) is 2.37. The number of likely N-dealkylation sites (tertiary alicyclic amines) is 1. The fraction of sp³-hybridized carbons (Fsp3) is 0.467. The lowest BCUT2D eigenvalue weighted by atomic mass is 10.1. The van der Waals surface area contributed by atoms with E-state index in [1.54, 1.807) is 38.1 Å². The minimum Gasteiger partial charge on any atom is -0.479 e. The third-order valence-corrected chi connectivity index (χ3v) is 3.81. The summed E-state index contributed by atoms with van der Waals surface area (Å²) in [7, 11) is 0. The van der Waals surface area contributed by atoms with Crippen LogP contribution in [0.5, 0.6) is 5.75 Å². The predicted octanol–water partition coefficient (Wildman–Crippen LogP) is 2.52. The van der Waals surface area contributed by atoms with Crippen LogP contribution in [0.2, 0.25) is 5.02 Å². The zero-order valence-electron chi connectivity index (χ0n) is 12.3. The zero-order valence-corrected chi connectivity index (χ0v) is 13.1. The van der Waals surface area contributed by atoms with Crippen LogP contribution in [0, 0.1) is 0 Å². The monoisotopic (exact) mass is 329 g/mol. The topological polar surface area (TPSA) is 66.8 Å². The zero-order chi connectivity index (χ0) is 16.5. The average molecular weight is 330 g/mol. The third-order valence-electron chi connectivity index (χ3n) is 3.57. The van der Waals surface area contributed by atoms with Gasteiger partial charge in [0.2, 0.25) is 5.67 Å². The van der Waals surface area contributed by atoms with Crippen molar-refractivity contribution in [2.75, 3.05) is 13.1 Å². The Labute approximate surface area is 132 Å². The number of nitrogens with zero attached hydrogens (tertiary/aromatic N) is 1. The van der Waals surface area contributed by atoms with Gasteiger partial charge in [-0.2, -0.15) is 0 Å². The Hall–Kier alpha value is -1.82. The Morgan fingerprint density at radius 3 is 2.68 bits per heavy atom. The van der Waals surface area contributed by atoms with Crippen molar-refractivity contribution in [1.29, 1.82) is 0 Å². The highest BCUT2D eigenvalue weighted by molar-refractivity contribution is 6.30. The standard InChI is InChI=1S/C15H17ClFNO4/c1-14(2,22-11-5-3-4-10(16)8-11)12(19)18-7-6-15(17,9-18)13(20)21/h3-5,8H,6-7,9H2,1-2H3,(H,20,21). The number of alkyl halides is 1. The second-order valence-corrected chi connectivity index (χ2v) is 6.25. The molecule has 0 saturated carbocycles. The number of carboxylic acids is 1. The van der Waals surface area contributed by atoms with Gasteiger partial charge in [-0.05, 0) is 32.0 Å². The number of ether oxygens (including phenoxy) is 1. The van der Waals surface area contributed by atoms with E-state index in [4.69, 9.17) is 21.4 Å². The van der Waals surface area contributed by atoms with Crippen LogP contribution in [0.4, 0.5) is 4.39 Å². The van der Waals surface area contributed by atoms with Gasteiger partial charge in [0.15, 0.2) is 5.60 Å².